The highest BCUT2D eigenvalue weighted by Crippen LogP contribution is 2.29. The third-order valence-corrected chi connectivity index (χ3v) is 8.70. The van der Waals surface area contributed by atoms with Crippen LogP contribution >= 0.6 is 22.9 Å². The number of amides is 1. The maximum atomic E-state index is 13.2. The van der Waals surface area contributed by atoms with Crippen molar-refractivity contribution < 1.29 is 18.0 Å². The zero-order valence-electron chi connectivity index (χ0n) is 16.4. The molecule has 6 nitrogen and oxygen atoms in total. The van der Waals surface area contributed by atoms with Crippen molar-refractivity contribution >= 4 is 44.7 Å². The third-order valence-electron chi connectivity index (χ3n) is 5.11. The van der Waals surface area contributed by atoms with Gasteiger partial charge in [-0.05, 0) is 18.2 Å². The van der Waals surface area contributed by atoms with E-state index in [9.17, 15) is 18.0 Å². The second kappa shape index (κ2) is 8.92. The summed E-state index contributed by atoms with van der Waals surface area (Å²) in [5, 5.41) is 0. The van der Waals surface area contributed by atoms with Crippen LogP contribution in [0.5, 0.6) is 0 Å². The number of piperazine rings is 1. The van der Waals surface area contributed by atoms with Gasteiger partial charge in [0.1, 0.15) is 4.21 Å². The summed E-state index contributed by atoms with van der Waals surface area (Å²) in [4.78, 5) is 27.7. The van der Waals surface area contributed by atoms with E-state index in [4.69, 9.17) is 11.6 Å². The van der Waals surface area contributed by atoms with Crippen molar-refractivity contribution in [2.45, 2.75) is 4.21 Å². The molecule has 31 heavy (non-hydrogen) atoms. The Morgan fingerprint density at radius 2 is 1.42 bits per heavy atom. The van der Waals surface area contributed by atoms with Crippen molar-refractivity contribution in [1.29, 1.82) is 0 Å². The van der Waals surface area contributed by atoms with E-state index in [-0.39, 0.29) is 42.1 Å². The SMILES string of the molecule is O=C(c1ccccc1)c1ccccc1C(=O)N1CCN(S(=O)(=O)c2ccc(Cl)s2)CC1. The number of hydrogen-bond acceptors (Lipinski definition) is 5. The molecule has 1 aliphatic heterocycles. The summed E-state index contributed by atoms with van der Waals surface area (Å²) in [6.07, 6.45) is 0. The first-order chi connectivity index (χ1) is 14.9. The lowest BCUT2D eigenvalue weighted by atomic mass is 9.97. The molecule has 0 aliphatic carbocycles. The number of carbonyl (C=O) groups is 2. The van der Waals surface area contributed by atoms with Crippen LogP contribution in [0.2, 0.25) is 4.34 Å². The molecule has 0 unspecified atom stereocenters. The fraction of sp³-hybridized carbons (Fsp3) is 0.182. The van der Waals surface area contributed by atoms with Crippen LogP contribution in [0.4, 0.5) is 0 Å². The van der Waals surface area contributed by atoms with Crippen LogP contribution in [-0.4, -0.2) is 55.5 Å². The summed E-state index contributed by atoms with van der Waals surface area (Å²) in [6.45, 7) is 0.840. The first-order valence-electron chi connectivity index (χ1n) is 9.61. The Hall–Kier alpha value is -2.52. The average molecular weight is 475 g/mol. The smallest absolute Gasteiger partial charge is 0.254 e. The number of benzene rings is 2. The molecule has 1 fully saturated rings. The number of carbonyl (C=O) groups excluding carboxylic acids is 2. The molecule has 9 heteroatoms. The van der Waals surface area contributed by atoms with Gasteiger partial charge >= 0.3 is 0 Å². The maximum Gasteiger partial charge on any atom is 0.254 e. The molecule has 1 amide bonds. The van der Waals surface area contributed by atoms with Gasteiger partial charge in [-0.2, -0.15) is 4.31 Å². The van der Waals surface area contributed by atoms with Crippen molar-refractivity contribution in [2.24, 2.45) is 0 Å². The first kappa shape index (κ1) is 21.7. The van der Waals surface area contributed by atoms with Gasteiger partial charge in [0.2, 0.25) is 0 Å². The monoisotopic (exact) mass is 474 g/mol. The molecule has 2 heterocycles. The molecule has 4 rings (SSSR count). The Labute approximate surface area is 189 Å². The Morgan fingerprint density at radius 3 is 2.03 bits per heavy atom. The Balaban J connectivity index is 1.50. The molecule has 0 atom stereocenters. The summed E-state index contributed by atoms with van der Waals surface area (Å²) in [7, 11) is -3.64. The van der Waals surface area contributed by atoms with E-state index in [1.165, 1.54) is 10.4 Å². The van der Waals surface area contributed by atoms with Crippen LogP contribution in [0.15, 0.2) is 70.9 Å². The highest BCUT2D eigenvalue weighted by Gasteiger charge is 2.32. The van der Waals surface area contributed by atoms with Crippen molar-refractivity contribution in [1.82, 2.24) is 9.21 Å². The Morgan fingerprint density at radius 1 is 0.806 bits per heavy atom. The van der Waals surface area contributed by atoms with Crippen LogP contribution in [0, 0.1) is 0 Å². The van der Waals surface area contributed by atoms with Gasteiger partial charge in [0.05, 0.1) is 9.90 Å². The largest absolute Gasteiger partial charge is 0.336 e. The number of sulfonamides is 1. The minimum atomic E-state index is -3.64. The molecule has 0 spiro atoms. The van der Waals surface area contributed by atoms with Gasteiger partial charge in [-0.3, -0.25) is 9.59 Å². The van der Waals surface area contributed by atoms with Crippen LogP contribution in [0.25, 0.3) is 0 Å². The van der Waals surface area contributed by atoms with Crippen molar-refractivity contribution in [2.75, 3.05) is 26.2 Å². The molecule has 0 N–H and O–H groups in total. The predicted molar refractivity (Wildman–Crippen MR) is 120 cm³/mol. The molecule has 0 saturated carbocycles. The number of thiophene rings is 1. The van der Waals surface area contributed by atoms with Crippen LogP contribution < -0.4 is 0 Å². The quantitative estimate of drug-likeness (QED) is 0.527. The summed E-state index contributed by atoms with van der Waals surface area (Å²) < 4.78 is 27.5. The van der Waals surface area contributed by atoms with E-state index >= 15 is 0 Å². The summed E-state index contributed by atoms with van der Waals surface area (Å²) in [5.41, 5.74) is 1.16. The highest BCUT2D eigenvalue weighted by molar-refractivity contribution is 7.91. The van der Waals surface area contributed by atoms with Gasteiger partial charge in [-0.1, -0.05) is 60.1 Å². The minimum Gasteiger partial charge on any atom is -0.336 e. The lowest BCUT2D eigenvalue weighted by Crippen LogP contribution is -2.50. The van der Waals surface area contributed by atoms with Crippen LogP contribution in [-0.2, 0) is 10.0 Å². The Kier molecular flexibility index (Phi) is 6.24. The van der Waals surface area contributed by atoms with Crippen LogP contribution in [0.1, 0.15) is 26.3 Å². The van der Waals surface area contributed by atoms with E-state index in [1.54, 1.807) is 59.5 Å². The van der Waals surface area contributed by atoms with Crippen molar-refractivity contribution in [3.8, 4) is 0 Å². The topological polar surface area (TPSA) is 74.8 Å². The third kappa shape index (κ3) is 4.43. The van der Waals surface area contributed by atoms with Crippen molar-refractivity contribution in [3.63, 3.8) is 0 Å². The highest BCUT2D eigenvalue weighted by atomic mass is 35.5. The lowest BCUT2D eigenvalue weighted by molar-refractivity contribution is 0.0694. The minimum absolute atomic E-state index is 0.179. The van der Waals surface area contributed by atoms with E-state index in [1.807, 2.05) is 6.07 Å². The zero-order chi connectivity index (χ0) is 22.0. The number of halogens is 1. The van der Waals surface area contributed by atoms with Crippen molar-refractivity contribution in [3.05, 3.63) is 87.8 Å². The Bertz CT molecular complexity index is 1220. The van der Waals surface area contributed by atoms with Gasteiger partial charge in [0, 0.05) is 37.3 Å². The number of ketones is 1. The number of nitrogens with zero attached hydrogens (tertiary/aromatic N) is 2. The van der Waals surface area contributed by atoms with Gasteiger partial charge in [0.25, 0.3) is 15.9 Å². The standard InChI is InChI=1S/C22H19ClN2O4S2/c23-19-10-11-20(30-19)31(28,29)25-14-12-24(13-15-25)22(27)18-9-5-4-8-17(18)21(26)16-6-2-1-3-7-16/h1-11H,12-15H2. The predicted octanol–water partition coefficient (Wildman–Crippen LogP) is 3.78. The van der Waals surface area contributed by atoms with Gasteiger partial charge < -0.3 is 4.90 Å². The fourth-order valence-electron chi connectivity index (χ4n) is 3.48. The molecule has 1 saturated heterocycles. The molecule has 1 aliphatic rings. The first-order valence-corrected chi connectivity index (χ1v) is 12.2. The average Bonchev–Trinajstić information content (AvgIpc) is 3.26. The maximum absolute atomic E-state index is 13.2. The second-order valence-electron chi connectivity index (χ2n) is 7.00. The van der Waals surface area contributed by atoms with Gasteiger partial charge in [-0.25, -0.2) is 8.42 Å². The second-order valence-corrected chi connectivity index (χ2v) is 10.9. The molecular formula is C22H19ClN2O4S2. The number of hydrogen-bond donors (Lipinski definition) is 0. The molecule has 0 bridgehead atoms. The van der Waals surface area contributed by atoms with Crippen LogP contribution in [0.3, 0.4) is 0 Å². The van der Waals surface area contributed by atoms with E-state index < -0.39 is 10.0 Å². The molecule has 1 aromatic heterocycles. The molecular weight excluding hydrogens is 456 g/mol. The van der Waals surface area contributed by atoms with Gasteiger partial charge in [-0.15, -0.1) is 11.3 Å². The molecule has 160 valence electrons. The summed E-state index contributed by atoms with van der Waals surface area (Å²) in [6, 6.07) is 18.6. The summed E-state index contributed by atoms with van der Waals surface area (Å²) >= 11 is 6.89. The lowest BCUT2D eigenvalue weighted by Gasteiger charge is -2.34. The van der Waals surface area contributed by atoms with E-state index in [0.29, 0.717) is 21.0 Å². The fourth-order valence-corrected chi connectivity index (χ4v) is 6.54. The molecule has 0 radical (unpaired) electrons. The van der Waals surface area contributed by atoms with Gasteiger partial charge in [0.15, 0.2) is 5.78 Å². The zero-order valence-corrected chi connectivity index (χ0v) is 18.8. The molecule has 3 aromatic rings. The summed E-state index contributed by atoms with van der Waals surface area (Å²) in [5.74, 6) is -0.503. The van der Waals surface area contributed by atoms with E-state index in [2.05, 4.69) is 0 Å². The van der Waals surface area contributed by atoms with E-state index in [0.717, 1.165) is 11.3 Å². The normalized spacial score (nSPS) is 15.1. The number of rotatable bonds is 5. The molecule has 2 aromatic carbocycles.